The third-order valence-electron chi connectivity index (χ3n) is 5.91. The molecule has 1 aliphatic rings. The summed E-state index contributed by atoms with van der Waals surface area (Å²) >= 11 is 6.63. The van der Waals surface area contributed by atoms with Crippen molar-refractivity contribution in [3.8, 4) is 11.5 Å². The first-order valence-electron chi connectivity index (χ1n) is 11.3. The summed E-state index contributed by atoms with van der Waals surface area (Å²) in [6.45, 7) is 5.35. The average molecular weight is 451 g/mol. The van der Waals surface area contributed by atoms with Crippen molar-refractivity contribution in [2.45, 2.75) is 39.3 Å². The molecule has 0 aliphatic carbocycles. The molecule has 1 N–H and O–H groups in total. The molecular formula is C27H31ClN2O2. The van der Waals surface area contributed by atoms with E-state index < -0.39 is 0 Å². The Morgan fingerprint density at radius 1 is 0.969 bits per heavy atom. The first kappa shape index (κ1) is 22.3. The lowest BCUT2D eigenvalue weighted by Gasteiger charge is -2.29. The summed E-state index contributed by atoms with van der Waals surface area (Å²) in [5, 5.41) is 4.28. The Labute approximate surface area is 196 Å². The molecule has 0 bridgehead atoms. The number of hydrogen-bond acceptors (Lipinski definition) is 4. The van der Waals surface area contributed by atoms with E-state index in [1.54, 1.807) is 7.11 Å². The van der Waals surface area contributed by atoms with E-state index in [0.717, 1.165) is 52.1 Å². The van der Waals surface area contributed by atoms with E-state index in [9.17, 15) is 0 Å². The second-order valence-corrected chi connectivity index (χ2v) is 8.70. The number of anilines is 2. The van der Waals surface area contributed by atoms with Gasteiger partial charge in [-0.05, 0) is 56.0 Å². The van der Waals surface area contributed by atoms with E-state index in [0.29, 0.717) is 13.2 Å². The Balaban J connectivity index is 1.45. The normalized spacial score (nSPS) is 13.7. The lowest BCUT2D eigenvalue weighted by Crippen LogP contribution is -2.29. The molecule has 32 heavy (non-hydrogen) atoms. The van der Waals surface area contributed by atoms with Gasteiger partial charge in [-0.15, -0.1) is 0 Å². The highest BCUT2D eigenvalue weighted by atomic mass is 35.5. The van der Waals surface area contributed by atoms with Crippen molar-refractivity contribution in [2.24, 2.45) is 0 Å². The van der Waals surface area contributed by atoms with Gasteiger partial charge in [0.25, 0.3) is 0 Å². The van der Waals surface area contributed by atoms with Crippen LogP contribution in [0.3, 0.4) is 0 Å². The van der Waals surface area contributed by atoms with Crippen LogP contribution in [0, 0.1) is 6.92 Å². The zero-order chi connectivity index (χ0) is 22.3. The molecule has 5 heteroatoms. The molecule has 4 nitrogen and oxygen atoms in total. The van der Waals surface area contributed by atoms with Crippen LogP contribution in [0.5, 0.6) is 11.5 Å². The van der Waals surface area contributed by atoms with Crippen molar-refractivity contribution in [1.29, 1.82) is 0 Å². The fraction of sp³-hybridized carbons (Fsp3) is 0.333. The molecule has 168 valence electrons. The molecule has 1 aliphatic heterocycles. The van der Waals surface area contributed by atoms with Gasteiger partial charge in [0.2, 0.25) is 0 Å². The van der Waals surface area contributed by atoms with Crippen LogP contribution in [0.4, 0.5) is 11.4 Å². The van der Waals surface area contributed by atoms with Crippen LogP contribution in [0.1, 0.15) is 36.0 Å². The van der Waals surface area contributed by atoms with Crippen LogP contribution in [-0.4, -0.2) is 20.2 Å². The SMILES string of the molecule is COc1cccc(CNc2ccc(N3CCCCC3)c(Cl)c2)c1OCc1ccc(C)cc1. The van der Waals surface area contributed by atoms with Crippen LogP contribution in [-0.2, 0) is 13.2 Å². The quantitative estimate of drug-likeness (QED) is 0.407. The van der Waals surface area contributed by atoms with Crippen molar-refractivity contribution < 1.29 is 9.47 Å². The van der Waals surface area contributed by atoms with Gasteiger partial charge in [-0.3, -0.25) is 0 Å². The topological polar surface area (TPSA) is 33.7 Å². The molecule has 4 rings (SSSR count). The molecule has 1 saturated heterocycles. The van der Waals surface area contributed by atoms with Crippen molar-refractivity contribution >= 4 is 23.0 Å². The number of rotatable bonds is 8. The standard InChI is InChI=1S/C27H31ClN2O2/c1-20-9-11-21(12-10-20)19-32-27-22(7-6-8-26(27)31-2)18-29-23-13-14-25(24(28)17-23)30-15-4-3-5-16-30/h6-14,17,29H,3-5,15-16,18-19H2,1-2H3. The summed E-state index contributed by atoms with van der Waals surface area (Å²) < 4.78 is 11.8. The number of hydrogen-bond donors (Lipinski definition) is 1. The van der Waals surface area contributed by atoms with E-state index in [1.807, 2.05) is 18.2 Å². The zero-order valence-corrected chi connectivity index (χ0v) is 19.6. The van der Waals surface area contributed by atoms with E-state index >= 15 is 0 Å². The molecule has 0 spiro atoms. The number of nitrogens with one attached hydrogen (secondary N) is 1. The number of halogens is 1. The highest BCUT2D eigenvalue weighted by Crippen LogP contribution is 2.34. The summed E-state index contributed by atoms with van der Waals surface area (Å²) in [4.78, 5) is 2.38. The Hall–Kier alpha value is -2.85. The van der Waals surface area contributed by atoms with Crippen molar-refractivity contribution in [2.75, 3.05) is 30.4 Å². The Morgan fingerprint density at radius 2 is 1.75 bits per heavy atom. The summed E-state index contributed by atoms with van der Waals surface area (Å²) in [6, 6.07) is 20.6. The van der Waals surface area contributed by atoms with Crippen molar-refractivity contribution in [1.82, 2.24) is 0 Å². The molecule has 1 heterocycles. The van der Waals surface area contributed by atoms with Gasteiger partial charge in [-0.25, -0.2) is 0 Å². The lowest BCUT2D eigenvalue weighted by atomic mass is 10.1. The molecule has 0 amide bonds. The van der Waals surface area contributed by atoms with Gasteiger partial charge >= 0.3 is 0 Å². The number of ether oxygens (including phenoxy) is 2. The van der Waals surface area contributed by atoms with Gasteiger partial charge < -0.3 is 19.7 Å². The molecule has 0 atom stereocenters. The Bertz CT molecular complexity index is 1030. The average Bonchev–Trinajstić information content (AvgIpc) is 2.83. The van der Waals surface area contributed by atoms with Gasteiger partial charge in [-0.2, -0.15) is 0 Å². The third kappa shape index (κ3) is 5.49. The highest BCUT2D eigenvalue weighted by molar-refractivity contribution is 6.33. The van der Waals surface area contributed by atoms with Gasteiger partial charge in [0, 0.05) is 30.9 Å². The number of aryl methyl sites for hydroxylation is 1. The lowest BCUT2D eigenvalue weighted by molar-refractivity contribution is 0.281. The zero-order valence-electron chi connectivity index (χ0n) is 18.9. The van der Waals surface area contributed by atoms with E-state index in [4.69, 9.17) is 21.1 Å². The predicted octanol–water partition coefficient (Wildman–Crippen LogP) is 6.84. The van der Waals surface area contributed by atoms with Gasteiger partial charge in [-0.1, -0.05) is 53.6 Å². The molecule has 0 radical (unpaired) electrons. The maximum absolute atomic E-state index is 6.63. The molecule has 1 fully saturated rings. The van der Waals surface area contributed by atoms with Gasteiger partial charge in [0.1, 0.15) is 6.61 Å². The number of piperidine rings is 1. The fourth-order valence-corrected chi connectivity index (χ4v) is 4.37. The minimum Gasteiger partial charge on any atom is -0.493 e. The van der Waals surface area contributed by atoms with E-state index in [1.165, 1.54) is 24.8 Å². The molecule has 0 saturated carbocycles. The summed E-state index contributed by atoms with van der Waals surface area (Å²) in [5.41, 5.74) is 5.51. The molecule has 0 unspecified atom stereocenters. The van der Waals surface area contributed by atoms with Crippen molar-refractivity contribution in [3.63, 3.8) is 0 Å². The molecular weight excluding hydrogens is 420 g/mol. The van der Waals surface area contributed by atoms with Crippen molar-refractivity contribution in [3.05, 3.63) is 82.4 Å². The fourth-order valence-electron chi connectivity index (χ4n) is 4.07. The van der Waals surface area contributed by atoms with Gasteiger partial charge in [0.05, 0.1) is 17.8 Å². The van der Waals surface area contributed by atoms with Crippen LogP contribution < -0.4 is 19.7 Å². The summed E-state index contributed by atoms with van der Waals surface area (Å²) in [6.07, 6.45) is 3.78. The van der Waals surface area contributed by atoms with Gasteiger partial charge in [0.15, 0.2) is 11.5 Å². The Kier molecular flexibility index (Phi) is 7.43. The minimum absolute atomic E-state index is 0.490. The van der Waals surface area contributed by atoms with E-state index in [2.05, 4.69) is 59.6 Å². The van der Waals surface area contributed by atoms with Crippen LogP contribution in [0.25, 0.3) is 0 Å². The maximum atomic E-state index is 6.63. The maximum Gasteiger partial charge on any atom is 0.166 e. The summed E-state index contributed by atoms with van der Waals surface area (Å²) in [5.74, 6) is 1.49. The summed E-state index contributed by atoms with van der Waals surface area (Å²) in [7, 11) is 1.67. The number of para-hydroxylation sites is 1. The van der Waals surface area contributed by atoms with Crippen LogP contribution in [0.2, 0.25) is 5.02 Å². The Morgan fingerprint density at radius 3 is 2.47 bits per heavy atom. The smallest absolute Gasteiger partial charge is 0.166 e. The largest absolute Gasteiger partial charge is 0.493 e. The minimum atomic E-state index is 0.490. The van der Waals surface area contributed by atoms with Crippen LogP contribution >= 0.6 is 11.6 Å². The number of benzene rings is 3. The van der Waals surface area contributed by atoms with E-state index in [-0.39, 0.29) is 0 Å². The first-order chi connectivity index (χ1) is 15.6. The monoisotopic (exact) mass is 450 g/mol. The molecule has 0 aromatic heterocycles. The number of methoxy groups -OCH3 is 1. The second kappa shape index (κ2) is 10.6. The first-order valence-corrected chi connectivity index (χ1v) is 11.6. The third-order valence-corrected chi connectivity index (χ3v) is 6.21. The van der Waals surface area contributed by atoms with Crippen LogP contribution in [0.15, 0.2) is 60.7 Å². The predicted molar refractivity (Wildman–Crippen MR) is 133 cm³/mol. The second-order valence-electron chi connectivity index (χ2n) is 8.29. The highest BCUT2D eigenvalue weighted by Gasteiger charge is 2.15. The molecule has 3 aromatic rings. The molecule has 3 aromatic carbocycles. The number of nitrogens with zero attached hydrogens (tertiary/aromatic N) is 1.